The lowest BCUT2D eigenvalue weighted by Gasteiger charge is -2.11. The van der Waals surface area contributed by atoms with E-state index in [-0.39, 0.29) is 0 Å². The van der Waals surface area contributed by atoms with Gasteiger partial charge < -0.3 is 19.8 Å². The lowest BCUT2D eigenvalue weighted by Crippen LogP contribution is -2.21. The summed E-state index contributed by atoms with van der Waals surface area (Å²) in [4.78, 5) is 11.9. The number of carboxylic acid groups (broad SMARTS) is 1. The number of likely N-dealkylation sites (N-methyl/N-ethyl adjacent to an activating group) is 1. The van der Waals surface area contributed by atoms with Crippen LogP contribution in [0.4, 0.5) is 0 Å². The Balaban J connectivity index is 3.51. The van der Waals surface area contributed by atoms with Crippen molar-refractivity contribution in [2.24, 2.45) is 0 Å². The minimum Gasteiger partial charge on any atom is -0.478 e. The molecule has 5 nitrogen and oxygen atoms in total. The van der Waals surface area contributed by atoms with Crippen LogP contribution in [0, 0.1) is 0 Å². The molecule has 0 bridgehead atoms. The molecule has 1 unspecified atom stereocenters. The molecule has 1 atom stereocenters. The van der Waals surface area contributed by atoms with Gasteiger partial charge in [-0.2, -0.15) is 0 Å². The first-order valence-electron chi connectivity index (χ1n) is 3.88. The largest absolute Gasteiger partial charge is 0.478 e. The Morgan fingerprint density at radius 3 is 2.69 bits per heavy atom. The van der Waals surface area contributed by atoms with Gasteiger partial charge in [0.25, 0.3) is 0 Å². The van der Waals surface area contributed by atoms with Crippen molar-refractivity contribution in [1.82, 2.24) is 4.90 Å². The Morgan fingerprint density at radius 1 is 1.62 bits per heavy atom. The monoisotopic (exact) mass is 189 g/mol. The fourth-order valence-corrected chi connectivity index (χ4v) is 0.576. The van der Waals surface area contributed by atoms with E-state index in [1.165, 1.54) is 0 Å². The quantitative estimate of drug-likeness (QED) is 0.436. The van der Waals surface area contributed by atoms with Crippen LogP contribution in [0.5, 0.6) is 0 Å². The first kappa shape index (κ1) is 12.1. The van der Waals surface area contributed by atoms with Gasteiger partial charge in [-0.25, -0.2) is 4.79 Å². The fraction of sp³-hybridized carbons (Fsp3) is 0.625. The predicted molar refractivity (Wildman–Crippen MR) is 47.3 cm³/mol. The molecule has 0 spiro atoms. The van der Waals surface area contributed by atoms with Crippen LogP contribution in [0.2, 0.25) is 0 Å². The lowest BCUT2D eigenvalue weighted by molar-refractivity contribution is -0.131. The molecule has 0 saturated carbocycles. The molecule has 13 heavy (non-hydrogen) atoms. The first-order valence-corrected chi connectivity index (χ1v) is 3.88. The van der Waals surface area contributed by atoms with Gasteiger partial charge in [0, 0.05) is 12.6 Å². The molecule has 0 aromatic rings. The van der Waals surface area contributed by atoms with Crippen molar-refractivity contribution in [1.29, 1.82) is 0 Å². The van der Waals surface area contributed by atoms with Crippen molar-refractivity contribution in [3.8, 4) is 0 Å². The highest BCUT2D eigenvalue weighted by molar-refractivity contribution is 5.79. The number of ether oxygens (including phenoxy) is 1. The number of carboxylic acids is 1. The Kier molecular flexibility index (Phi) is 6.13. The van der Waals surface area contributed by atoms with E-state index in [4.69, 9.17) is 14.9 Å². The van der Waals surface area contributed by atoms with Crippen LogP contribution < -0.4 is 0 Å². The van der Waals surface area contributed by atoms with E-state index in [9.17, 15) is 4.79 Å². The minimum absolute atomic E-state index is 0.359. The fourth-order valence-electron chi connectivity index (χ4n) is 0.576. The smallest absolute Gasteiger partial charge is 0.328 e. The van der Waals surface area contributed by atoms with Gasteiger partial charge in [0.2, 0.25) is 0 Å². The summed E-state index contributed by atoms with van der Waals surface area (Å²) in [7, 11) is 3.76. The molecule has 0 aromatic carbocycles. The number of aliphatic hydroxyl groups excluding tert-OH is 1. The molecule has 0 aliphatic heterocycles. The summed E-state index contributed by atoms with van der Waals surface area (Å²) in [6, 6.07) is 0. The van der Waals surface area contributed by atoms with E-state index >= 15 is 0 Å². The molecule has 0 aliphatic carbocycles. The third-order valence-electron chi connectivity index (χ3n) is 1.23. The predicted octanol–water partition coefficient (Wildman–Crippen LogP) is -0.476. The van der Waals surface area contributed by atoms with Crippen LogP contribution in [0.3, 0.4) is 0 Å². The van der Waals surface area contributed by atoms with Crippen LogP contribution in [-0.4, -0.2) is 54.6 Å². The van der Waals surface area contributed by atoms with Crippen molar-refractivity contribution in [2.75, 3.05) is 27.2 Å². The number of nitrogens with zero attached hydrogens (tertiary/aromatic N) is 1. The third kappa shape index (κ3) is 9.00. The van der Waals surface area contributed by atoms with Gasteiger partial charge in [-0.15, -0.1) is 0 Å². The summed E-state index contributed by atoms with van der Waals surface area (Å²) in [5, 5.41) is 17.2. The van der Waals surface area contributed by atoms with Crippen LogP contribution >= 0.6 is 0 Å². The third-order valence-corrected chi connectivity index (χ3v) is 1.23. The van der Waals surface area contributed by atoms with Gasteiger partial charge >= 0.3 is 5.97 Å². The SMILES string of the molecule is CN(C)CCOC(O)/C=C/C(=O)O. The second-order valence-corrected chi connectivity index (χ2v) is 2.76. The molecule has 76 valence electrons. The number of hydrogen-bond acceptors (Lipinski definition) is 4. The lowest BCUT2D eigenvalue weighted by atomic mass is 10.5. The molecule has 0 aliphatic rings. The van der Waals surface area contributed by atoms with Crippen molar-refractivity contribution in [3.63, 3.8) is 0 Å². The summed E-state index contributed by atoms with van der Waals surface area (Å²) >= 11 is 0. The van der Waals surface area contributed by atoms with Crippen molar-refractivity contribution in [3.05, 3.63) is 12.2 Å². The Hall–Kier alpha value is -0.910. The normalized spacial score (nSPS) is 13.8. The molecule has 0 heterocycles. The molecular weight excluding hydrogens is 174 g/mol. The average Bonchev–Trinajstić information content (AvgIpc) is 2.00. The van der Waals surface area contributed by atoms with Gasteiger partial charge in [0.15, 0.2) is 6.29 Å². The molecule has 0 radical (unpaired) electrons. The summed E-state index contributed by atoms with van der Waals surface area (Å²) in [6.45, 7) is 1.04. The zero-order valence-corrected chi connectivity index (χ0v) is 7.80. The van der Waals surface area contributed by atoms with E-state index in [2.05, 4.69) is 0 Å². The second kappa shape index (κ2) is 6.59. The van der Waals surface area contributed by atoms with E-state index in [0.717, 1.165) is 12.2 Å². The van der Waals surface area contributed by atoms with Crippen LogP contribution in [-0.2, 0) is 9.53 Å². The number of rotatable bonds is 6. The van der Waals surface area contributed by atoms with Crippen LogP contribution in [0.25, 0.3) is 0 Å². The maximum absolute atomic E-state index is 10.0. The van der Waals surface area contributed by atoms with Crippen molar-refractivity contribution >= 4 is 5.97 Å². The molecular formula is C8H15NO4. The highest BCUT2D eigenvalue weighted by Gasteiger charge is 1.99. The van der Waals surface area contributed by atoms with E-state index in [1.54, 1.807) is 0 Å². The topological polar surface area (TPSA) is 70.0 Å². The molecule has 2 N–H and O–H groups in total. The Morgan fingerprint density at radius 2 is 2.23 bits per heavy atom. The van der Waals surface area contributed by atoms with E-state index < -0.39 is 12.3 Å². The molecule has 0 aromatic heterocycles. The maximum atomic E-state index is 10.0. The van der Waals surface area contributed by atoms with Gasteiger partial charge in [-0.05, 0) is 20.2 Å². The van der Waals surface area contributed by atoms with Crippen LogP contribution in [0.15, 0.2) is 12.2 Å². The highest BCUT2D eigenvalue weighted by Crippen LogP contribution is 1.89. The van der Waals surface area contributed by atoms with Crippen molar-refractivity contribution < 1.29 is 19.7 Å². The first-order chi connectivity index (χ1) is 6.02. The summed E-state index contributed by atoms with van der Waals surface area (Å²) in [5.41, 5.74) is 0. The number of carbonyl (C=O) groups is 1. The Bertz CT molecular complexity index is 179. The van der Waals surface area contributed by atoms with Gasteiger partial charge in [-0.3, -0.25) is 0 Å². The number of aliphatic carboxylic acids is 1. The van der Waals surface area contributed by atoms with Gasteiger partial charge in [-0.1, -0.05) is 0 Å². The zero-order valence-electron chi connectivity index (χ0n) is 7.80. The van der Waals surface area contributed by atoms with E-state index in [1.807, 2.05) is 19.0 Å². The summed E-state index contributed by atoms with van der Waals surface area (Å²) in [5.74, 6) is -1.10. The van der Waals surface area contributed by atoms with Crippen LogP contribution in [0.1, 0.15) is 0 Å². The van der Waals surface area contributed by atoms with Crippen molar-refractivity contribution in [2.45, 2.75) is 6.29 Å². The standard InChI is InChI=1S/C8H15NO4/c1-9(2)5-6-13-8(12)4-3-7(10)11/h3-4,8,12H,5-6H2,1-2H3,(H,10,11)/b4-3+. The molecule has 0 amide bonds. The molecule has 0 rings (SSSR count). The molecule has 5 heteroatoms. The van der Waals surface area contributed by atoms with Gasteiger partial charge in [0.1, 0.15) is 0 Å². The number of aliphatic hydroxyl groups is 1. The molecule has 0 fully saturated rings. The summed E-state index contributed by atoms with van der Waals surface area (Å²) < 4.78 is 4.87. The maximum Gasteiger partial charge on any atom is 0.328 e. The van der Waals surface area contributed by atoms with E-state index in [0.29, 0.717) is 13.2 Å². The Labute approximate surface area is 77.2 Å². The minimum atomic E-state index is -1.14. The van der Waals surface area contributed by atoms with Gasteiger partial charge in [0.05, 0.1) is 6.61 Å². The number of hydrogen-bond donors (Lipinski definition) is 2. The zero-order chi connectivity index (χ0) is 10.3. The molecule has 0 saturated heterocycles. The summed E-state index contributed by atoms with van der Waals surface area (Å²) in [6.07, 6.45) is 0.786. The average molecular weight is 189 g/mol. The second-order valence-electron chi connectivity index (χ2n) is 2.76. The highest BCUT2D eigenvalue weighted by atomic mass is 16.6.